The van der Waals surface area contributed by atoms with Crippen LogP contribution >= 0.6 is 0 Å². The van der Waals surface area contributed by atoms with E-state index in [1.165, 1.54) is 5.56 Å². The minimum Gasteiger partial charge on any atom is -0.320 e. The average Bonchev–Trinajstić information content (AvgIpc) is 2.14. The van der Waals surface area contributed by atoms with Gasteiger partial charge in [-0.15, -0.1) is 0 Å². The monoisotopic (exact) mass is 187 g/mol. The van der Waals surface area contributed by atoms with Gasteiger partial charge in [0.2, 0.25) is 0 Å². The summed E-state index contributed by atoms with van der Waals surface area (Å²) in [7, 11) is 0. The van der Waals surface area contributed by atoms with Gasteiger partial charge in [0.25, 0.3) is 0 Å². The standard InChI is InChI=1S/C13H17N/c1-11(2)9-13-6-3-5-12(10-13)7-4-8-14/h3,5-6,10-11H,8-9,14H2,1-2H3. The second-order valence-electron chi connectivity index (χ2n) is 3.80. The van der Waals surface area contributed by atoms with Crippen LogP contribution in [0.5, 0.6) is 0 Å². The summed E-state index contributed by atoms with van der Waals surface area (Å²) < 4.78 is 0. The van der Waals surface area contributed by atoms with Gasteiger partial charge >= 0.3 is 0 Å². The van der Waals surface area contributed by atoms with Gasteiger partial charge in [0.15, 0.2) is 0 Å². The van der Waals surface area contributed by atoms with E-state index in [2.05, 4.69) is 43.9 Å². The molecule has 2 N–H and O–H groups in total. The minimum atomic E-state index is 0.425. The molecule has 0 radical (unpaired) electrons. The van der Waals surface area contributed by atoms with Gasteiger partial charge in [-0.3, -0.25) is 0 Å². The van der Waals surface area contributed by atoms with Crippen molar-refractivity contribution in [1.29, 1.82) is 0 Å². The van der Waals surface area contributed by atoms with Crippen LogP contribution in [0.4, 0.5) is 0 Å². The molecule has 0 aliphatic rings. The summed E-state index contributed by atoms with van der Waals surface area (Å²) in [5, 5.41) is 0. The molecule has 0 fully saturated rings. The van der Waals surface area contributed by atoms with Crippen molar-refractivity contribution in [2.45, 2.75) is 20.3 Å². The highest BCUT2D eigenvalue weighted by molar-refractivity contribution is 5.37. The Morgan fingerprint density at radius 3 is 2.79 bits per heavy atom. The Kier molecular flexibility index (Phi) is 4.22. The molecule has 0 bridgehead atoms. The lowest BCUT2D eigenvalue weighted by Crippen LogP contribution is -1.95. The van der Waals surface area contributed by atoms with Gasteiger partial charge in [-0.2, -0.15) is 0 Å². The third-order valence-electron chi connectivity index (χ3n) is 1.91. The van der Waals surface area contributed by atoms with E-state index in [0.29, 0.717) is 12.5 Å². The first-order valence-corrected chi connectivity index (χ1v) is 5.00. The Balaban J connectivity index is 2.78. The van der Waals surface area contributed by atoms with Crippen LogP contribution < -0.4 is 5.73 Å². The number of hydrogen-bond donors (Lipinski definition) is 1. The van der Waals surface area contributed by atoms with Crippen molar-refractivity contribution in [3.8, 4) is 11.8 Å². The Morgan fingerprint density at radius 2 is 2.14 bits per heavy atom. The van der Waals surface area contributed by atoms with Gasteiger partial charge in [0.05, 0.1) is 6.54 Å². The molecule has 1 rings (SSSR count). The SMILES string of the molecule is CC(C)Cc1cccc(C#CCN)c1. The first-order chi connectivity index (χ1) is 6.72. The van der Waals surface area contributed by atoms with E-state index >= 15 is 0 Å². The molecule has 0 saturated heterocycles. The van der Waals surface area contributed by atoms with Crippen molar-refractivity contribution in [3.63, 3.8) is 0 Å². The molecule has 0 spiro atoms. The molecule has 1 aromatic carbocycles. The van der Waals surface area contributed by atoms with Crippen LogP contribution in [0.3, 0.4) is 0 Å². The molecular formula is C13H17N. The molecule has 1 aromatic rings. The molecular weight excluding hydrogens is 170 g/mol. The van der Waals surface area contributed by atoms with Crippen molar-refractivity contribution < 1.29 is 0 Å². The first kappa shape index (κ1) is 10.8. The first-order valence-electron chi connectivity index (χ1n) is 5.00. The lowest BCUT2D eigenvalue weighted by molar-refractivity contribution is 0.647. The molecule has 14 heavy (non-hydrogen) atoms. The fourth-order valence-corrected chi connectivity index (χ4v) is 1.40. The van der Waals surface area contributed by atoms with Gasteiger partial charge in [-0.25, -0.2) is 0 Å². The normalized spacial score (nSPS) is 9.71. The van der Waals surface area contributed by atoms with Crippen LogP contribution in [0.2, 0.25) is 0 Å². The Labute approximate surface area is 86.3 Å². The zero-order valence-electron chi connectivity index (χ0n) is 8.88. The van der Waals surface area contributed by atoms with E-state index < -0.39 is 0 Å². The predicted octanol–water partition coefficient (Wildman–Crippen LogP) is 2.20. The maximum Gasteiger partial charge on any atom is 0.0555 e. The maximum atomic E-state index is 5.32. The Morgan fingerprint density at radius 1 is 1.36 bits per heavy atom. The smallest absolute Gasteiger partial charge is 0.0555 e. The lowest BCUT2D eigenvalue weighted by Gasteiger charge is -2.04. The fraction of sp³-hybridized carbons (Fsp3) is 0.385. The third-order valence-corrected chi connectivity index (χ3v) is 1.91. The lowest BCUT2D eigenvalue weighted by atomic mass is 10.0. The second kappa shape index (κ2) is 5.47. The second-order valence-corrected chi connectivity index (χ2v) is 3.80. The summed E-state index contributed by atoms with van der Waals surface area (Å²) in [5.74, 6) is 6.59. The van der Waals surface area contributed by atoms with Crippen molar-refractivity contribution in [1.82, 2.24) is 0 Å². The van der Waals surface area contributed by atoms with E-state index in [1.807, 2.05) is 6.07 Å². The highest BCUT2D eigenvalue weighted by Gasteiger charge is 1.97. The zero-order chi connectivity index (χ0) is 10.4. The van der Waals surface area contributed by atoms with Gasteiger partial charge in [0.1, 0.15) is 0 Å². The predicted molar refractivity (Wildman–Crippen MR) is 60.9 cm³/mol. The van der Waals surface area contributed by atoms with E-state index in [-0.39, 0.29) is 0 Å². The Hall–Kier alpha value is -1.26. The number of rotatable bonds is 2. The molecule has 0 aromatic heterocycles. The van der Waals surface area contributed by atoms with E-state index in [0.717, 1.165) is 12.0 Å². The van der Waals surface area contributed by atoms with E-state index in [1.54, 1.807) is 0 Å². The molecule has 0 heterocycles. The van der Waals surface area contributed by atoms with Crippen molar-refractivity contribution in [2.24, 2.45) is 11.7 Å². The largest absolute Gasteiger partial charge is 0.320 e. The Bertz CT molecular complexity index is 342. The van der Waals surface area contributed by atoms with Gasteiger partial charge in [-0.05, 0) is 30.0 Å². The summed E-state index contributed by atoms with van der Waals surface area (Å²) in [5.41, 5.74) is 7.74. The summed E-state index contributed by atoms with van der Waals surface area (Å²) in [6.45, 7) is 4.87. The van der Waals surface area contributed by atoms with Gasteiger partial charge in [-0.1, -0.05) is 37.8 Å². The van der Waals surface area contributed by atoms with Crippen molar-refractivity contribution >= 4 is 0 Å². The molecule has 1 nitrogen and oxygen atoms in total. The molecule has 1 heteroatoms. The van der Waals surface area contributed by atoms with Crippen LogP contribution in [0.1, 0.15) is 25.0 Å². The quantitative estimate of drug-likeness (QED) is 0.706. The molecule has 0 unspecified atom stereocenters. The van der Waals surface area contributed by atoms with Crippen molar-refractivity contribution in [2.75, 3.05) is 6.54 Å². The molecule has 0 amide bonds. The van der Waals surface area contributed by atoms with Crippen LogP contribution in [-0.4, -0.2) is 6.54 Å². The van der Waals surface area contributed by atoms with E-state index in [9.17, 15) is 0 Å². The number of benzene rings is 1. The highest BCUT2D eigenvalue weighted by Crippen LogP contribution is 2.09. The van der Waals surface area contributed by atoms with Crippen molar-refractivity contribution in [3.05, 3.63) is 35.4 Å². The summed E-state index contributed by atoms with van der Waals surface area (Å²) in [6, 6.07) is 8.36. The molecule has 0 aliphatic carbocycles. The molecule has 0 saturated carbocycles. The van der Waals surface area contributed by atoms with Crippen LogP contribution in [0, 0.1) is 17.8 Å². The molecule has 74 valence electrons. The topological polar surface area (TPSA) is 26.0 Å². The van der Waals surface area contributed by atoms with Gasteiger partial charge < -0.3 is 5.73 Å². The van der Waals surface area contributed by atoms with Crippen LogP contribution in [0.25, 0.3) is 0 Å². The van der Waals surface area contributed by atoms with Crippen LogP contribution in [-0.2, 0) is 6.42 Å². The number of hydrogen-bond acceptors (Lipinski definition) is 1. The molecule has 0 atom stereocenters. The third kappa shape index (κ3) is 3.64. The molecule has 0 aliphatic heterocycles. The average molecular weight is 187 g/mol. The summed E-state index contributed by atoms with van der Waals surface area (Å²) in [4.78, 5) is 0. The van der Waals surface area contributed by atoms with E-state index in [4.69, 9.17) is 5.73 Å². The zero-order valence-corrected chi connectivity index (χ0v) is 8.88. The number of nitrogens with two attached hydrogens (primary N) is 1. The van der Waals surface area contributed by atoms with Gasteiger partial charge in [0, 0.05) is 5.56 Å². The summed E-state index contributed by atoms with van der Waals surface area (Å²) in [6.07, 6.45) is 1.11. The minimum absolute atomic E-state index is 0.425. The highest BCUT2D eigenvalue weighted by atomic mass is 14.5. The van der Waals surface area contributed by atoms with Crippen LogP contribution in [0.15, 0.2) is 24.3 Å². The maximum absolute atomic E-state index is 5.32. The fourth-order valence-electron chi connectivity index (χ4n) is 1.40. The summed E-state index contributed by atoms with van der Waals surface area (Å²) >= 11 is 0.